The number of fused-ring (bicyclic) bond motifs is 18. The summed E-state index contributed by atoms with van der Waals surface area (Å²) in [6, 6.07) is 64.3. The van der Waals surface area contributed by atoms with Crippen molar-refractivity contribution in [2.24, 2.45) is 0 Å². The quantitative estimate of drug-likeness (QED) is 0.177. The van der Waals surface area contributed by atoms with Gasteiger partial charge in [-0.15, -0.1) is 0 Å². The first-order valence-corrected chi connectivity index (χ1v) is 22.4. The molecule has 0 radical (unpaired) electrons. The van der Waals surface area contributed by atoms with E-state index in [4.69, 9.17) is 14.7 Å². The predicted molar refractivity (Wildman–Crippen MR) is 265 cm³/mol. The number of nitriles is 1. The van der Waals surface area contributed by atoms with E-state index in [9.17, 15) is 5.26 Å². The van der Waals surface area contributed by atoms with Crippen molar-refractivity contribution in [3.8, 4) is 46.0 Å². The molecule has 13 aromatic rings. The fourth-order valence-electron chi connectivity index (χ4n) is 11.7. The minimum absolute atomic E-state index is 0.618. The Bertz CT molecular complexity index is 4250. The summed E-state index contributed by atoms with van der Waals surface area (Å²) in [7, 11) is 0. The minimum atomic E-state index is -0.957. The Morgan fingerprint density at radius 1 is 0.433 bits per heavy atom. The Morgan fingerprint density at radius 3 is 1.81 bits per heavy atom. The average Bonchev–Trinajstić information content (AvgIpc) is 4.10. The molecule has 1 spiro atoms. The zero-order valence-electron chi connectivity index (χ0n) is 35.6. The van der Waals surface area contributed by atoms with Crippen LogP contribution in [0, 0.1) is 11.3 Å². The van der Waals surface area contributed by atoms with Gasteiger partial charge in [-0.05, 0) is 84.4 Å². The minimum Gasteiger partial charge on any atom is -0.457 e. The summed E-state index contributed by atoms with van der Waals surface area (Å²) in [6.45, 7) is 0. The lowest BCUT2D eigenvalue weighted by Gasteiger charge is -2.40. The number of pyridine rings is 3. The molecule has 1 unspecified atom stereocenters. The molecule has 0 bridgehead atoms. The number of aromatic nitrogens is 6. The van der Waals surface area contributed by atoms with Gasteiger partial charge >= 0.3 is 0 Å². The average molecular weight is 856 g/mol. The highest BCUT2D eigenvalue weighted by atomic mass is 16.5. The molecule has 7 aromatic carbocycles. The summed E-state index contributed by atoms with van der Waals surface area (Å²) in [5.74, 6) is 1.50. The molecule has 2 aliphatic rings. The van der Waals surface area contributed by atoms with Gasteiger partial charge in [-0.3, -0.25) is 15.0 Å². The second-order valence-corrected chi connectivity index (χ2v) is 17.5. The van der Waals surface area contributed by atoms with Gasteiger partial charge in [-0.2, -0.15) is 5.26 Å². The molecule has 1 atom stereocenters. The number of para-hydroxylation sites is 4. The van der Waals surface area contributed by atoms with E-state index >= 15 is 0 Å². The van der Waals surface area contributed by atoms with Crippen molar-refractivity contribution in [2.75, 3.05) is 0 Å². The Labute approximate surface area is 382 Å². The summed E-state index contributed by atoms with van der Waals surface area (Å²) < 4.78 is 14.3. The van der Waals surface area contributed by atoms with E-state index in [1.54, 1.807) is 0 Å². The number of nitrogens with zero attached hydrogens (tertiary/aromatic N) is 7. The maximum atomic E-state index is 9.97. The van der Waals surface area contributed by atoms with Gasteiger partial charge in [0.2, 0.25) is 0 Å². The summed E-state index contributed by atoms with van der Waals surface area (Å²) in [5, 5.41) is 16.7. The maximum absolute atomic E-state index is 9.97. The molecule has 7 heterocycles. The van der Waals surface area contributed by atoms with Gasteiger partial charge in [-0.25, -0.2) is 0 Å². The second kappa shape index (κ2) is 13.1. The number of benzene rings is 7. The molecular weight excluding hydrogens is 823 g/mol. The maximum Gasteiger partial charge on any atom is 0.134 e. The molecule has 0 amide bonds. The van der Waals surface area contributed by atoms with Crippen LogP contribution < -0.4 is 4.74 Å². The number of hydrogen-bond donors (Lipinski definition) is 0. The van der Waals surface area contributed by atoms with Gasteiger partial charge in [-0.1, -0.05) is 91.0 Å². The van der Waals surface area contributed by atoms with Gasteiger partial charge < -0.3 is 18.4 Å². The van der Waals surface area contributed by atoms with Crippen LogP contribution in [0.25, 0.3) is 93.9 Å². The van der Waals surface area contributed by atoms with Crippen molar-refractivity contribution in [3.63, 3.8) is 0 Å². The van der Waals surface area contributed by atoms with Crippen molar-refractivity contribution in [3.05, 3.63) is 229 Å². The molecule has 1 aliphatic carbocycles. The fourth-order valence-corrected chi connectivity index (χ4v) is 11.7. The van der Waals surface area contributed by atoms with E-state index in [0.29, 0.717) is 5.56 Å². The Hall–Kier alpha value is -9.32. The molecule has 8 heteroatoms. The van der Waals surface area contributed by atoms with Crippen LogP contribution >= 0.6 is 0 Å². The van der Waals surface area contributed by atoms with Gasteiger partial charge in [0.15, 0.2) is 0 Å². The lowest BCUT2D eigenvalue weighted by atomic mass is 9.65. The van der Waals surface area contributed by atoms with E-state index < -0.39 is 5.41 Å². The third-order valence-corrected chi connectivity index (χ3v) is 14.3. The highest BCUT2D eigenvalue weighted by molar-refractivity contribution is 6.11. The van der Waals surface area contributed by atoms with Crippen LogP contribution in [0.3, 0.4) is 0 Å². The predicted octanol–water partition coefficient (Wildman–Crippen LogP) is 13.5. The molecule has 15 rings (SSSR count). The largest absolute Gasteiger partial charge is 0.457 e. The van der Waals surface area contributed by atoms with Gasteiger partial charge in [0, 0.05) is 73.2 Å². The molecule has 0 N–H and O–H groups in total. The van der Waals surface area contributed by atoms with Gasteiger partial charge in [0.25, 0.3) is 0 Å². The fraction of sp³-hybridized carbons (Fsp3) is 0.0169. The highest BCUT2D eigenvalue weighted by Gasteiger charge is 2.54. The molecule has 6 aromatic heterocycles. The first-order chi connectivity index (χ1) is 33.2. The monoisotopic (exact) mass is 855 g/mol. The van der Waals surface area contributed by atoms with Crippen LogP contribution in [0.4, 0.5) is 0 Å². The van der Waals surface area contributed by atoms with Gasteiger partial charge in [0.05, 0.1) is 85.3 Å². The van der Waals surface area contributed by atoms with Crippen molar-refractivity contribution >= 4 is 65.4 Å². The Balaban J connectivity index is 1.08. The van der Waals surface area contributed by atoms with E-state index in [-0.39, 0.29) is 0 Å². The molecule has 0 saturated carbocycles. The van der Waals surface area contributed by atoms with Crippen molar-refractivity contribution < 1.29 is 4.74 Å². The molecule has 67 heavy (non-hydrogen) atoms. The summed E-state index contributed by atoms with van der Waals surface area (Å²) in [5.41, 5.74) is 14.6. The van der Waals surface area contributed by atoms with Crippen LogP contribution in [-0.4, -0.2) is 28.7 Å². The summed E-state index contributed by atoms with van der Waals surface area (Å²) in [4.78, 5) is 15.2. The molecule has 0 fully saturated rings. The first kappa shape index (κ1) is 36.1. The number of ether oxygens (including phenoxy) is 1. The van der Waals surface area contributed by atoms with Crippen molar-refractivity contribution in [2.45, 2.75) is 5.41 Å². The molecule has 1 aliphatic heterocycles. The van der Waals surface area contributed by atoms with Gasteiger partial charge in [0.1, 0.15) is 11.5 Å². The smallest absolute Gasteiger partial charge is 0.134 e. The molecular formula is C59H33N7O. The van der Waals surface area contributed by atoms with Crippen molar-refractivity contribution in [1.29, 1.82) is 5.26 Å². The van der Waals surface area contributed by atoms with E-state index in [2.05, 4.69) is 182 Å². The topological polar surface area (TPSA) is 86.5 Å². The lowest BCUT2D eigenvalue weighted by Crippen LogP contribution is -2.34. The third-order valence-electron chi connectivity index (χ3n) is 14.3. The van der Waals surface area contributed by atoms with Crippen LogP contribution in [0.1, 0.15) is 27.8 Å². The SMILES string of the molecule is N#Cc1ccc2c(c1)c1ccccc1n2-c1cnc2c(c1)C1(c3ccc(-n4c5ccccc5c5ccncc54)cc3Oc3cccc(-n4c5ccccc5c5ccccc54)c31)c1cccnc1-2. The van der Waals surface area contributed by atoms with Crippen LogP contribution in [0.5, 0.6) is 11.5 Å². The first-order valence-electron chi connectivity index (χ1n) is 22.4. The highest BCUT2D eigenvalue weighted by Crippen LogP contribution is 2.63. The van der Waals surface area contributed by atoms with Crippen LogP contribution in [0.2, 0.25) is 0 Å². The molecule has 8 nitrogen and oxygen atoms in total. The normalized spacial score (nSPS) is 14.7. The van der Waals surface area contributed by atoms with Crippen molar-refractivity contribution in [1.82, 2.24) is 28.7 Å². The number of rotatable bonds is 3. The van der Waals surface area contributed by atoms with Crippen LogP contribution in [0.15, 0.2) is 201 Å². The van der Waals surface area contributed by atoms with Crippen LogP contribution in [-0.2, 0) is 5.41 Å². The lowest BCUT2D eigenvalue weighted by molar-refractivity contribution is 0.435. The third kappa shape index (κ3) is 4.61. The zero-order valence-corrected chi connectivity index (χ0v) is 35.6. The summed E-state index contributed by atoms with van der Waals surface area (Å²) in [6.07, 6.45) is 7.65. The standard InChI is InChI=1S/C59H33N7O/c60-32-35-22-25-51-43(29-35)41-14-4-6-17-48(41)65(51)37-30-46-58(63-33-37)57-45(15-10-27-62-57)59(46)44-24-23-36(64-47-16-5-1-13-40(47)42-26-28-61-34-53(42)64)31-55(44)67-54-21-9-20-52(56(54)59)66-49-18-7-2-11-38(49)39-12-3-8-19-50(39)66/h1-31,33-34H. The second-order valence-electron chi connectivity index (χ2n) is 17.5. The van der Waals surface area contributed by atoms with E-state index in [0.717, 1.165) is 117 Å². The molecule has 0 saturated heterocycles. The molecule has 310 valence electrons. The summed E-state index contributed by atoms with van der Waals surface area (Å²) >= 11 is 0. The van der Waals surface area contributed by atoms with E-state index in [1.165, 1.54) is 10.8 Å². The van der Waals surface area contributed by atoms with E-state index in [1.807, 2.05) is 43.0 Å². The Kier molecular flexibility index (Phi) is 7.07. The number of hydrogen-bond acceptors (Lipinski definition) is 5. The Morgan fingerprint density at radius 2 is 1.07 bits per heavy atom. The zero-order chi connectivity index (χ0) is 44.0.